The molecule has 1 aliphatic heterocycles. The fourth-order valence-electron chi connectivity index (χ4n) is 1.70. The third-order valence-corrected chi connectivity index (χ3v) is 2.54. The Hall–Kier alpha value is -0.955. The Morgan fingerprint density at radius 1 is 1.40 bits per heavy atom. The molecule has 2 rings (SSSR count). The monoisotopic (exact) mass is 202 g/mol. The van der Waals surface area contributed by atoms with Gasteiger partial charge in [0, 0.05) is 6.42 Å². The van der Waals surface area contributed by atoms with Crippen LogP contribution in [-0.2, 0) is 11.1 Å². The minimum Gasteiger partial charge on any atom is -0.465 e. The van der Waals surface area contributed by atoms with Crippen molar-refractivity contribution >= 4 is 7.85 Å². The van der Waals surface area contributed by atoms with Crippen molar-refractivity contribution in [3.63, 3.8) is 0 Å². The van der Waals surface area contributed by atoms with Crippen LogP contribution in [0.15, 0.2) is 24.3 Å². The average Bonchev–Trinajstić information content (AvgIpc) is 2.31. The van der Waals surface area contributed by atoms with Gasteiger partial charge in [-0.05, 0) is 25.0 Å². The van der Waals surface area contributed by atoms with Crippen LogP contribution in [0.25, 0.3) is 0 Å². The predicted molar refractivity (Wildman–Crippen MR) is 60.1 cm³/mol. The average molecular weight is 202 g/mol. The maximum absolute atomic E-state index is 5.72. The lowest BCUT2D eigenvalue weighted by Gasteiger charge is -2.23. The van der Waals surface area contributed by atoms with E-state index in [9.17, 15) is 0 Å². The number of ether oxygens (including phenoxy) is 2. The van der Waals surface area contributed by atoms with E-state index >= 15 is 0 Å². The highest BCUT2D eigenvalue weighted by Crippen LogP contribution is 2.20. The van der Waals surface area contributed by atoms with Crippen molar-refractivity contribution in [1.29, 1.82) is 0 Å². The van der Waals surface area contributed by atoms with Gasteiger partial charge in [0.05, 0.1) is 14.5 Å². The minimum atomic E-state index is -0.0771. The number of hydrogen-bond donors (Lipinski definition) is 0. The number of hydrogen-bond acceptors (Lipinski definition) is 2. The summed E-state index contributed by atoms with van der Waals surface area (Å²) >= 11 is 0. The third-order valence-electron chi connectivity index (χ3n) is 2.54. The second-order valence-electron chi connectivity index (χ2n) is 3.77. The van der Waals surface area contributed by atoms with E-state index in [1.165, 1.54) is 6.42 Å². The first kappa shape index (κ1) is 10.6. The first-order chi connectivity index (χ1) is 7.38. The van der Waals surface area contributed by atoms with Crippen LogP contribution in [0.3, 0.4) is 0 Å². The Kier molecular flexibility index (Phi) is 3.67. The number of rotatable bonds is 3. The summed E-state index contributed by atoms with van der Waals surface area (Å²) in [5.41, 5.74) is 1.09. The van der Waals surface area contributed by atoms with Crippen LogP contribution in [0.4, 0.5) is 0 Å². The summed E-state index contributed by atoms with van der Waals surface area (Å²) in [6.45, 7) is 0.807. The van der Waals surface area contributed by atoms with Crippen LogP contribution >= 0.6 is 0 Å². The Morgan fingerprint density at radius 3 is 3.07 bits per heavy atom. The molecule has 1 aliphatic rings. The lowest BCUT2D eigenvalue weighted by molar-refractivity contribution is -0.105. The van der Waals surface area contributed by atoms with Gasteiger partial charge in [0.25, 0.3) is 0 Å². The molecule has 15 heavy (non-hydrogen) atoms. The maximum atomic E-state index is 5.72. The molecular weight excluding hydrogens is 187 g/mol. The SMILES string of the molecule is [B]Cc1cccc(OC2CCCCO2)c1. The molecule has 1 heterocycles. The highest BCUT2D eigenvalue weighted by atomic mass is 16.7. The largest absolute Gasteiger partial charge is 0.465 e. The van der Waals surface area contributed by atoms with Gasteiger partial charge in [-0.2, -0.15) is 0 Å². The first-order valence-corrected chi connectivity index (χ1v) is 5.46. The fourth-order valence-corrected chi connectivity index (χ4v) is 1.70. The van der Waals surface area contributed by atoms with Crippen LogP contribution in [0.5, 0.6) is 5.75 Å². The van der Waals surface area contributed by atoms with Crippen molar-refractivity contribution < 1.29 is 9.47 Å². The smallest absolute Gasteiger partial charge is 0.199 e. The van der Waals surface area contributed by atoms with E-state index in [4.69, 9.17) is 17.3 Å². The Balaban J connectivity index is 1.96. The zero-order valence-corrected chi connectivity index (χ0v) is 8.82. The summed E-state index contributed by atoms with van der Waals surface area (Å²) in [7, 11) is 5.57. The molecule has 0 bridgehead atoms. The zero-order chi connectivity index (χ0) is 10.5. The fraction of sp³-hybridized carbons (Fsp3) is 0.500. The van der Waals surface area contributed by atoms with Gasteiger partial charge in [0.15, 0.2) is 6.29 Å². The highest BCUT2D eigenvalue weighted by Gasteiger charge is 2.14. The molecule has 0 N–H and O–H groups in total. The van der Waals surface area contributed by atoms with Crippen LogP contribution in [0.1, 0.15) is 24.8 Å². The van der Waals surface area contributed by atoms with E-state index in [1.807, 2.05) is 24.3 Å². The van der Waals surface area contributed by atoms with Crippen LogP contribution in [-0.4, -0.2) is 20.7 Å². The number of benzene rings is 1. The molecule has 2 radical (unpaired) electrons. The molecule has 0 saturated carbocycles. The first-order valence-electron chi connectivity index (χ1n) is 5.46. The molecule has 1 aromatic rings. The van der Waals surface area contributed by atoms with E-state index in [0.29, 0.717) is 6.32 Å². The molecule has 2 nitrogen and oxygen atoms in total. The molecule has 0 amide bonds. The van der Waals surface area contributed by atoms with Crippen molar-refractivity contribution in [3.05, 3.63) is 29.8 Å². The highest BCUT2D eigenvalue weighted by molar-refractivity contribution is 6.08. The van der Waals surface area contributed by atoms with E-state index in [-0.39, 0.29) is 6.29 Å². The van der Waals surface area contributed by atoms with E-state index in [1.54, 1.807) is 0 Å². The second kappa shape index (κ2) is 5.22. The lowest BCUT2D eigenvalue weighted by atomic mass is 9.97. The molecule has 1 atom stereocenters. The van der Waals surface area contributed by atoms with Crippen molar-refractivity contribution in [1.82, 2.24) is 0 Å². The van der Waals surface area contributed by atoms with E-state index in [2.05, 4.69) is 0 Å². The summed E-state index contributed by atoms with van der Waals surface area (Å²) in [6, 6.07) is 7.87. The Morgan fingerprint density at radius 2 is 2.33 bits per heavy atom. The summed E-state index contributed by atoms with van der Waals surface area (Å²) < 4.78 is 11.2. The molecule has 1 fully saturated rings. The van der Waals surface area contributed by atoms with Crippen molar-refractivity contribution in [2.45, 2.75) is 31.9 Å². The normalized spacial score (nSPS) is 21.2. The third kappa shape index (κ3) is 3.00. The molecule has 3 heteroatoms. The van der Waals surface area contributed by atoms with Gasteiger partial charge in [-0.25, -0.2) is 0 Å². The van der Waals surface area contributed by atoms with Crippen LogP contribution in [0, 0.1) is 0 Å². The molecule has 1 saturated heterocycles. The van der Waals surface area contributed by atoms with Crippen molar-refractivity contribution in [2.75, 3.05) is 6.61 Å². The second-order valence-corrected chi connectivity index (χ2v) is 3.77. The van der Waals surface area contributed by atoms with Crippen LogP contribution < -0.4 is 4.74 Å². The minimum absolute atomic E-state index is 0.0771. The Bertz CT molecular complexity index is 308. The summed E-state index contributed by atoms with van der Waals surface area (Å²) in [5, 5.41) is 0. The quantitative estimate of drug-likeness (QED) is 0.700. The Labute approximate surface area is 92.0 Å². The van der Waals surface area contributed by atoms with Gasteiger partial charge >= 0.3 is 0 Å². The van der Waals surface area contributed by atoms with Gasteiger partial charge in [0.1, 0.15) is 5.75 Å². The van der Waals surface area contributed by atoms with E-state index < -0.39 is 0 Å². The molecule has 1 unspecified atom stereocenters. The zero-order valence-electron chi connectivity index (χ0n) is 8.82. The van der Waals surface area contributed by atoms with Gasteiger partial charge in [-0.3, -0.25) is 0 Å². The van der Waals surface area contributed by atoms with Gasteiger partial charge in [-0.15, -0.1) is 0 Å². The summed E-state index contributed by atoms with van der Waals surface area (Å²) in [5.74, 6) is 0.852. The summed E-state index contributed by atoms with van der Waals surface area (Å²) in [6.07, 6.45) is 3.77. The lowest BCUT2D eigenvalue weighted by Crippen LogP contribution is -2.24. The molecule has 0 spiro atoms. The van der Waals surface area contributed by atoms with Gasteiger partial charge in [0.2, 0.25) is 0 Å². The van der Waals surface area contributed by atoms with Crippen LogP contribution in [0.2, 0.25) is 0 Å². The van der Waals surface area contributed by atoms with Gasteiger partial charge in [-0.1, -0.05) is 24.0 Å². The molecular formula is C12H15BO2. The van der Waals surface area contributed by atoms with E-state index in [0.717, 1.165) is 30.8 Å². The maximum Gasteiger partial charge on any atom is 0.199 e. The molecule has 0 aromatic heterocycles. The standard InChI is InChI=1S/C12H15BO2/c13-9-10-4-3-5-11(8-10)15-12-6-1-2-7-14-12/h3-5,8,12H,1-2,6-7,9H2. The molecule has 0 aliphatic carbocycles. The summed E-state index contributed by atoms with van der Waals surface area (Å²) in [4.78, 5) is 0. The molecule has 78 valence electrons. The van der Waals surface area contributed by atoms with Crippen molar-refractivity contribution in [3.8, 4) is 5.75 Å². The molecule has 1 aromatic carbocycles. The topological polar surface area (TPSA) is 18.5 Å². The van der Waals surface area contributed by atoms with Gasteiger partial charge < -0.3 is 9.47 Å². The predicted octanol–water partition coefficient (Wildman–Crippen LogP) is 2.26. The van der Waals surface area contributed by atoms with Crippen molar-refractivity contribution in [2.24, 2.45) is 0 Å².